The van der Waals surface area contributed by atoms with Crippen molar-refractivity contribution < 1.29 is 9.84 Å². The number of hydrogen-bond donors (Lipinski definition) is 1. The fraction of sp³-hybridized carbons (Fsp3) is 0.385. The van der Waals surface area contributed by atoms with Crippen molar-refractivity contribution in [3.63, 3.8) is 0 Å². The molecule has 0 spiro atoms. The molecule has 0 amide bonds. The summed E-state index contributed by atoms with van der Waals surface area (Å²) in [5.74, 6) is 2.34. The van der Waals surface area contributed by atoms with Gasteiger partial charge in [-0.1, -0.05) is 12.1 Å². The molecule has 0 aliphatic carbocycles. The maximum Gasteiger partial charge on any atom is 0.170 e. The highest BCUT2D eigenvalue weighted by Gasteiger charge is 2.06. The number of rotatable bonds is 4. The molecule has 0 bridgehead atoms. The largest absolute Gasteiger partial charge is 0.486 e. The zero-order chi connectivity index (χ0) is 13.1. The Morgan fingerprint density at radius 1 is 1.39 bits per heavy atom. The van der Waals surface area contributed by atoms with Crippen LogP contribution in [0.2, 0.25) is 0 Å². The smallest absolute Gasteiger partial charge is 0.170 e. The van der Waals surface area contributed by atoms with Crippen molar-refractivity contribution in [2.45, 2.75) is 26.6 Å². The van der Waals surface area contributed by atoms with E-state index in [0.29, 0.717) is 12.4 Å². The highest BCUT2D eigenvalue weighted by atomic mass is 16.5. The lowest BCUT2D eigenvalue weighted by Crippen LogP contribution is -2.04. The SMILES string of the molecule is Cc1nnc(COc2cccc(C(C)O)c2)n1C. The van der Waals surface area contributed by atoms with Crippen LogP contribution < -0.4 is 4.74 Å². The van der Waals surface area contributed by atoms with Crippen molar-refractivity contribution in [3.05, 3.63) is 41.5 Å². The standard InChI is InChI=1S/C13H17N3O2/c1-9(17)11-5-4-6-12(7-11)18-8-13-15-14-10(2)16(13)3/h4-7,9,17H,8H2,1-3H3. The van der Waals surface area contributed by atoms with Crippen LogP contribution in [0.4, 0.5) is 0 Å². The average molecular weight is 247 g/mol. The van der Waals surface area contributed by atoms with Crippen molar-refractivity contribution in [2.24, 2.45) is 7.05 Å². The second-order valence-corrected chi connectivity index (χ2v) is 4.26. The van der Waals surface area contributed by atoms with E-state index in [9.17, 15) is 5.11 Å². The topological polar surface area (TPSA) is 60.2 Å². The normalized spacial score (nSPS) is 12.4. The monoisotopic (exact) mass is 247 g/mol. The fourth-order valence-electron chi connectivity index (χ4n) is 1.59. The molecule has 0 radical (unpaired) electrons. The van der Waals surface area contributed by atoms with Crippen LogP contribution in [-0.4, -0.2) is 19.9 Å². The lowest BCUT2D eigenvalue weighted by Gasteiger charge is -2.09. The maximum absolute atomic E-state index is 9.50. The number of aliphatic hydroxyl groups is 1. The van der Waals surface area contributed by atoms with Gasteiger partial charge in [-0.2, -0.15) is 0 Å². The third-order valence-corrected chi connectivity index (χ3v) is 2.89. The van der Waals surface area contributed by atoms with E-state index in [-0.39, 0.29) is 0 Å². The van der Waals surface area contributed by atoms with Gasteiger partial charge < -0.3 is 14.4 Å². The molecule has 1 unspecified atom stereocenters. The summed E-state index contributed by atoms with van der Waals surface area (Å²) in [7, 11) is 1.90. The molecule has 1 aromatic heterocycles. The number of nitrogens with zero attached hydrogens (tertiary/aromatic N) is 3. The molecule has 1 atom stereocenters. The Morgan fingerprint density at radius 3 is 2.78 bits per heavy atom. The minimum Gasteiger partial charge on any atom is -0.486 e. The molecule has 1 heterocycles. The third kappa shape index (κ3) is 2.68. The second-order valence-electron chi connectivity index (χ2n) is 4.26. The van der Waals surface area contributed by atoms with Crippen LogP contribution in [0.25, 0.3) is 0 Å². The van der Waals surface area contributed by atoms with Crippen molar-refractivity contribution in [3.8, 4) is 5.75 Å². The van der Waals surface area contributed by atoms with E-state index in [1.54, 1.807) is 6.92 Å². The van der Waals surface area contributed by atoms with Crippen LogP contribution in [0.15, 0.2) is 24.3 Å². The Hall–Kier alpha value is -1.88. The van der Waals surface area contributed by atoms with E-state index >= 15 is 0 Å². The summed E-state index contributed by atoms with van der Waals surface area (Å²) in [5, 5.41) is 17.5. The molecule has 0 saturated carbocycles. The quantitative estimate of drug-likeness (QED) is 0.894. The van der Waals surface area contributed by atoms with Crippen molar-refractivity contribution in [1.29, 1.82) is 0 Å². The Labute approximate surface area is 106 Å². The van der Waals surface area contributed by atoms with Gasteiger partial charge in [-0.15, -0.1) is 10.2 Å². The van der Waals surface area contributed by atoms with E-state index in [1.165, 1.54) is 0 Å². The molecule has 0 aliphatic rings. The minimum atomic E-state index is -0.495. The van der Waals surface area contributed by atoms with Crippen molar-refractivity contribution >= 4 is 0 Å². The van der Waals surface area contributed by atoms with Crippen molar-refractivity contribution in [2.75, 3.05) is 0 Å². The lowest BCUT2D eigenvalue weighted by atomic mass is 10.1. The van der Waals surface area contributed by atoms with E-state index in [0.717, 1.165) is 17.2 Å². The van der Waals surface area contributed by atoms with Crippen LogP contribution in [0.3, 0.4) is 0 Å². The first-order chi connectivity index (χ1) is 8.58. The Bertz CT molecular complexity index is 535. The van der Waals surface area contributed by atoms with E-state index < -0.39 is 6.10 Å². The summed E-state index contributed by atoms with van der Waals surface area (Å²) in [6, 6.07) is 7.41. The van der Waals surface area contributed by atoms with E-state index in [4.69, 9.17) is 4.74 Å². The molecular weight excluding hydrogens is 230 g/mol. The molecular formula is C13H17N3O2. The first-order valence-corrected chi connectivity index (χ1v) is 5.83. The van der Waals surface area contributed by atoms with Gasteiger partial charge in [0.25, 0.3) is 0 Å². The third-order valence-electron chi connectivity index (χ3n) is 2.89. The van der Waals surface area contributed by atoms with Gasteiger partial charge in [0.2, 0.25) is 0 Å². The molecule has 1 aromatic carbocycles. The zero-order valence-electron chi connectivity index (χ0n) is 10.8. The number of benzene rings is 1. The summed E-state index contributed by atoms with van der Waals surface area (Å²) >= 11 is 0. The van der Waals surface area contributed by atoms with Crippen LogP contribution >= 0.6 is 0 Å². The Morgan fingerprint density at radius 2 is 2.17 bits per heavy atom. The van der Waals surface area contributed by atoms with Crippen LogP contribution in [0.5, 0.6) is 5.75 Å². The highest BCUT2D eigenvalue weighted by Crippen LogP contribution is 2.19. The molecule has 18 heavy (non-hydrogen) atoms. The Kier molecular flexibility index (Phi) is 3.62. The van der Waals surface area contributed by atoms with Gasteiger partial charge in [-0.05, 0) is 31.5 Å². The molecule has 0 aliphatic heterocycles. The fourth-order valence-corrected chi connectivity index (χ4v) is 1.59. The summed E-state index contributed by atoms with van der Waals surface area (Å²) in [6.45, 7) is 3.98. The van der Waals surface area contributed by atoms with Gasteiger partial charge in [0.15, 0.2) is 5.82 Å². The summed E-state index contributed by atoms with van der Waals surface area (Å²) in [5.41, 5.74) is 0.835. The number of aliphatic hydroxyl groups excluding tert-OH is 1. The van der Waals surface area contributed by atoms with Crippen LogP contribution in [-0.2, 0) is 13.7 Å². The predicted octanol–water partition coefficient (Wildman–Crippen LogP) is 1.76. The maximum atomic E-state index is 9.50. The number of ether oxygens (including phenoxy) is 1. The number of hydrogen-bond acceptors (Lipinski definition) is 4. The zero-order valence-corrected chi connectivity index (χ0v) is 10.8. The highest BCUT2D eigenvalue weighted by molar-refractivity contribution is 5.29. The van der Waals surface area contributed by atoms with Gasteiger partial charge in [-0.25, -0.2) is 0 Å². The van der Waals surface area contributed by atoms with Gasteiger partial charge in [0.1, 0.15) is 18.2 Å². The average Bonchev–Trinajstić information content (AvgIpc) is 2.68. The van der Waals surface area contributed by atoms with E-state index in [1.807, 2.05) is 42.8 Å². The molecule has 1 N–H and O–H groups in total. The lowest BCUT2D eigenvalue weighted by molar-refractivity contribution is 0.198. The van der Waals surface area contributed by atoms with E-state index in [2.05, 4.69) is 10.2 Å². The summed E-state index contributed by atoms with van der Waals surface area (Å²) in [4.78, 5) is 0. The molecule has 2 rings (SSSR count). The molecule has 0 saturated heterocycles. The second kappa shape index (κ2) is 5.18. The van der Waals surface area contributed by atoms with Crippen molar-refractivity contribution in [1.82, 2.24) is 14.8 Å². The Balaban J connectivity index is 2.06. The number of aromatic nitrogens is 3. The number of aryl methyl sites for hydroxylation is 1. The van der Waals surface area contributed by atoms with Gasteiger partial charge in [0.05, 0.1) is 6.10 Å². The minimum absolute atomic E-state index is 0.362. The molecule has 5 nitrogen and oxygen atoms in total. The first-order valence-electron chi connectivity index (χ1n) is 5.83. The van der Waals surface area contributed by atoms with Gasteiger partial charge in [0, 0.05) is 7.05 Å². The van der Waals surface area contributed by atoms with Crippen LogP contribution in [0.1, 0.15) is 30.2 Å². The molecule has 96 valence electrons. The van der Waals surface area contributed by atoms with Gasteiger partial charge in [-0.3, -0.25) is 0 Å². The summed E-state index contributed by atoms with van der Waals surface area (Å²) in [6.07, 6.45) is -0.495. The summed E-state index contributed by atoms with van der Waals surface area (Å²) < 4.78 is 7.53. The molecule has 0 fully saturated rings. The molecule has 5 heteroatoms. The predicted molar refractivity (Wildman–Crippen MR) is 67.1 cm³/mol. The first kappa shape index (κ1) is 12.6. The van der Waals surface area contributed by atoms with Gasteiger partial charge >= 0.3 is 0 Å². The van der Waals surface area contributed by atoms with Crippen LogP contribution in [0, 0.1) is 6.92 Å². The molecule has 2 aromatic rings.